The van der Waals surface area contributed by atoms with Gasteiger partial charge in [0.1, 0.15) is 11.5 Å². The summed E-state index contributed by atoms with van der Waals surface area (Å²) in [6, 6.07) is 14.7. The van der Waals surface area contributed by atoms with Gasteiger partial charge in [0.15, 0.2) is 0 Å². The maximum absolute atomic E-state index is 6.03. The molecule has 21 heavy (non-hydrogen) atoms. The second-order valence-electron chi connectivity index (χ2n) is 5.56. The molecule has 2 nitrogen and oxygen atoms in total. The van der Waals surface area contributed by atoms with Crippen LogP contribution in [0.2, 0.25) is 0 Å². The van der Waals surface area contributed by atoms with Crippen LogP contribution in [0.4, 0.5) is 0 Å². The highest BCUT2D eigenvalue weighted by Gasteiger charge is 2.06. The van der Waals surface area contributed by atoms with E-state index in [4.69, 9.17) is 10.5 Å². The smallest absolute Gasteiger partial charge is 0.127 e. The normalized spacial score (nSPS) is 12.2. The predicted molar refractivity (Wildman–Crippen MR) is 89.0 cm³/mol. The molecular formula is C19H25NO. The fraction of sp³-hybridized carbons (Fsp3) is 0.368. The lowest BCUT2D eigenvalue weighted by Crippen LogP contribution is -2.21. The molecule has 0 aromatic heterocycles. The van der Waals surface area contributed by atoms with Crippen molar-refractivity contribution >= 4 is 0 Å². The van der Waals surface area contributed by atoms with E-state index in [1.54, 1.807) is 0 Å². The Balaban J connectivity index is 2.08. The van der Waals surface area contributed by atoms with Gasteiger partial charge in [-0.05, 0) is 67.1 Å². The summed E-state index contributed by atoms with van der Waals surface area (Å²) in [5, 5.41) is 0. The Morgan fingerprint density at radius 3 is 2.24 bits per heavy atom. The van der Waals surface area contributed by atoms with Crippen molar-refractivity contribution in [1.29, 1.82) is 0 Å². The molecule has 0 heterocycles. The quantitative estimate of drug-likeness (QED) is 0.839. The molecule has 0 radical (unpaired) electrons. The summed E-state index contributed by atoms with van der Waals surface area (Å²) in [5.74, 6) is 1.76. The van der Waals surface area contributed by atoms with E-state index in [0.29, 0.717) is 0 Å². The van der Waals surface area contributed by atoms with Crippen molar-refractivity contribution in [2.75, 3.05) is 0 Å². The van der Waals surface area contributed by atoms with Crippen LogP contribution >= 0.6 is 0 Å². The summed E-state index contributed by atoms with van der Waals surface area (Å²) in [4.78, 5) is 0. The van der Waals surface area contributed by atoms with Gasteiger partial charge in [0.05, 0.1) is 0 Å². The SMILES string of the molecule is CCc1ccc(Oc2ccc(CC(N)CC)c(C)c2)cc1. The third kappa shape index (κ3) is 4.33. The number of hydrogen-bond acceptors (Lipinski definition) is 2. The number of hydrogen-bond donors (Lipinski definition) is 1. The Bertz CT molecular complexity index is 575. The summed E-state index contributed by atoms with van der Waals surface area (Å²) in [6.45, 7) is 6.39. The molecule has 2 heteroatoms. The Morgan fingerprint density at radius 2 is 1.67 bits per heavy atom. The summed E-state index contributed by atoms with van der Waals surface area (Å²) >= 11 is 0. The van der Waals surface area contributed by atoms with Crippen LogP contribution in [0.1, 0.15) is 37.0 Å². The number of ether oxygens (including phenoxy) is 1. The molecule has 2 rings (SSSR count). The van der Waals surface area contributed by atoms with Gasteiger partial charge in [-0.2, -0.15) is 0 Å². The molecule has 0 saturated carbocycles. The lowest BCUT2D eigenvalue weighted by molar-refractivity contribution is 0.481. The fourth-order valence-corrected chi connectivity index (χ4v) is 2.32. The Labute approximate surface area is 127 Å². The highest BCUT2D eigenvalue weighted by Crippen LogP contribution is 2.25. The number of aryl methyl sites for hydroxylation is 2. The van der Waals surface area contributed by atoms with Crippen LogP contribution in [0.3, 0.4) is 0 Å². The van der Waals surface area contributed by atoms with Crippen LogP contribution in [0, 0.1) is 6.92 Å². The number of nitrogens with two attached hydrogens (primary N) is 1. The Hall–Kier alpha value is -1.80. The van der Waals surface area contributed by atoms with E-state index < -0.39 is 0 Å². The molecule has 0 amide bonds. The highest BCUT2D eigenvalue weighted by molar-refractivity contribution is 5.38. The fourth-order valence-electron chi connectivity index (χ4n) is 2.32. The van der Waals surface area contributed by atoms with Crippen molar-refractivity contribution < 1.29 is 4.74 Å². The van der Waals surface area contributed by atoms with Gasteiger partial charge in [0.25, 0.3) is 0 Å². The third-order valence-electron chi connectivity index (χ3n) is 3.89. The van der Waals surface area contributed by atoms with Gasteiger partial charge in [0, 0.05) is 6.04 Å². The van der Waals surface area contributed by atoms with E-state index in [9.17, 15) is 0 Å². The van der Waals surface area contributed by atoms with Crippen molar-refractivity contribution in [2.24, 2.45) is 5.73 Å². The van der Waals surface area contributed by atoms with Crippen LogP contribution < -0.4 is 10.5 Å². The summed E-state index contributed by atoms with van der Waals surface area (Å²) in [5.41, 5.74) is 9.89. The van der Waals surface area contributed by atoms with Crippen LogP contribution in [0.5, 0.6) is 11.5 Å². The molecule has 0 bridgehead atoms. The topological polar surface area (TPSA) is 35.2 Å². The first-order chi connectivity index (χ1) is 10.1. The van der Waals surface area contributed by atoms with Crippen molar-refractivity contribution in [3.63, 3.8) is 0 Å². The van der Waals surface area contributed by atoms with E-state index in [1.807, 2.05) is 18.2 Å². The lowest BCUT2D eigenvalue weighted by Gasteiger charge is -2.13. The van der Waals surface area contributed by atoms with Crippen molar-refractivity contribution in [3.8, 4) is 11.5 Å². The van der Waals surface area contributed by atoms with E-state index in [2.05, 4.69) is 45.0 Å². The molecule has 0 saturated heterocycles. The van der Waals surface area contributed by atoms with Crippen molar-refractivity contribution in [2.45, 2.75) is 46.1 Å². The van der Waals surface area contributed by atoms with Gasteiger partial charge in [-0.15, -0.1) is 0 Å². The van der Waals surface area contributed by atoms with Gasteiger partial charge in [-0.3, -0.25) is 0 Å². The zero-order valence-corrected chi connectivity index (χ0v) is 13.2. The van der Waals surface area contributed by atoms with Crippen LogP contribution in [0.15, 0.2) is 42.5 Å². The molecule has 0 fully saturated rings. The van der Waals surface area contributed by atoms with E-state index >= 15 is 0 Å². The highest BCUT2D eigenvalue weighted by atomic mass is 16.5. The van der Waals surface area contributed by atoms with Crippen molar-refractivity contribution in [3.05, 3.63) is 59.2 Å². The first-order valence-corrected chi connectivity index (χ1v) is 7.74. The maximum Gasteiger partial charge on any atom is 0.127 e. The van der Waals surface area contributed by atoms with E-state index in [-0.39, 0.29) is 6.04 Å². The predicted octanol–water partition coefficient (Wildman–Crippen LogP) is 4.63. The molecule has 1 unspecified atom stereocenters. The lowest BCUT2D eigenvalue weighted by atomic mass is 10.00. The summed E-state index contributed by atoms with van der Waals surface area (Å²) in [6.07, 6.45) is 2.97. The molecule has 2 N–H and O–H groups in total. The summed E-state index contributed by atoms with van der Waals surface area (Å²) < 4.78 is 5.91. The monoisotopic (exact) mass is 283 g/mol. The molecule has 0 aliphatic carbocycles. The first kappa shape index (κ1) is 15.6. The zero-order chi connectivity index (χ0) is 15.2. The van der Waals surface area contributed by atoms with E-state index in [1.165, 1.54) is 16.7 Å². The number of rotatable bonds is 6. The minimum Gasteiger partial charge on any atom is -0.457 e. The van der Waals surface area contributed by atoms with E-state index in [0.717, 1.165) is 30.8 Å². The second-order valence-corrected chi connectivity index (χ2v) is 5.56. The average molecular weight is 283 g/mol. The molecule has 2 aromatic carbocycles. The molecule has 0 aliphatic rings. The van der Waals surface area contributed by atoms with Crippen LogP contribution in [-0.2, 0) is 12.8 Å². The minimum atomic E-state index is 0.233. The number of benzene rings is 2. The van der Waals surface area contributed by atoms with Gasteiger partial charge in [-0.1, -0.05) is 32.0 Å². The Morgan fingerprint density at radius 1 is 1.00 bits per heavy atom. The minimum absolute atomic E-state index is 0.233. The van der Waals surface area contributed by atoms with Gasteiger partial charge < -0.3 is 10.5 Å². The molecule has 1 atom stereocenters. The molecular weight excluding hydrogens is 258 g/mol. The van der Waals surface area contributed by atoms with Gasteiger partial charge in [-0.25, -0.2) is 0 Å². The summed E-state index contributed by atoms with van der Waals surface area (Å²) in [7, 11) is 0. The molecule has 2 aromatic rings. The third-order valence-corrected chi connectivity index (χ3v) is 3.89. The molecule has 0 spiro atoms. The largest absolute Gasteiger partial charge is 0.457 e. The zero-order valence-electron chi connectivity index (χ0n) is 13.2. The first-order valence-electron chi connectivity index (χ1n) is 7.74. The van der Waals surface area contributed by atoms with Crippen LogP contribution in [-0.4, -0.2) is 6.04 Å². The maximum atomic E-state index is 6.03. The van der Waals surface area contributed by atoms with Gasteiger partial charge in [0.2, 0.25) is 0 Å². The van der Waals surface area contributed by atoms with Gasteiger partial charge >= 0.3 is 0 Å². The molecule has 0 aliphatic heterocycles. The second kappa shape index (κ2) is 7.28. The Kier molecular flexibility index (Phi) is 5.40. The average Bonchev–Trinajstić information content (AvgIpc) is 2.50. The van der Waals surface area contributed by atoms with Crippen molar-refractivity contribution in [1.82, 2.24) is 0 Å². The molecule has 112 valence electrons. The standard InChI is InChI=1S/C19H25NO/c1-4-15-6-9-18(10-7-15)21-19-11-8-16(14(3)12-19)13-17(20)5-2/h6-12,17H,4-5,13,20H2,1-3H3. The van der Waals surface area contributed by atoms with Crippen LogP contribution in [0.25, 0.3) is 0 Å².